The van der Waals surface area contributed by atoms with Gasteiger partial charge in [0.2, 0.25) is 0 Å². The molecule has 8 heteroatoms. The Morgan fingerprint density at radius 2 is 1.97 bits per heavy atom. The zero-order valence-corrected chi connectivity index (χ0v) is 16.3. The topological polar surface area (TPSA) is 93.1 Å². The molecule has 0 aliphatic carbocycles. The monoisotopic (exact) mass is 406 g/mol. The number of fused-ring (bicyclic) bond motifs is 1. The van der Waals surface area contributed by atoms with E-state index in [1.807, 2.05) is 52.1 Å². The Bertz CT molecular complexity index is 1190. The van der Waals surface area contributed by atoms with Crippen LogP contribution in [0.3, 0.4) is 0 Å². The number of nitrogens with two attached hydrogens (primary N) is 1. The van der Waals surface area contributed by atoms with Crippen molar-refractivity contribution in [1.29, 1.82) is 0 Å². The van der Waals surface area contributed by atoms with Gasteiger partial charge in [0.25, 0.3) is 0 Å². The Labute approximate surface area is 172 Å². The van der Waals surface area contributed by atoms with E-state index in [9.17, 15) is 5.11 Å². The number of aliphatic hydroxyl groups is 1. The molecule has 3 N–H and O–H groups in total. The van der Waals surface area contributed by atoms with Crippen molar-refractivity contribution in [2.75, 3.05) is 23.7 Å². The maximum Gasteiger partial charge on any atom is 0.151 e. The number of hydrogen-bond donors (Lipinski definition) is 2. The fraction of sp³-hybridized carbons (Fsp3) is 0.190. The van der Waals surface area contributed by atoms with Crippen molar-refractivity contribution in [3.8, 4) is 16.8 Å². The van der Waals surface area contributed by atoms with Gasteiger partial charge in [-0.2, -0.15) is 0 Å². The summed E-state index contributed by atoms with van der Waals surface area (Å²) in [6.07, 6.45) is 5.61. The lowest BCUT2D eigenvalue weighted by molar-refractivity contribution is 0.198. The normalized spacial score (nSPS) is 16.6. The molecule has 0 bridgehead atoms. The number of anilines is 2. The lowest BCUT2D eigenvalue weighted by Gasteiger charge is -2.18. The summed E-state index contributed by atoms with van der Waals surface area (Å²) in [5.41, 5.74) is 10.3. The van der Waals surface area contributed by atoms with Crippen molar-refractivity contribution in [2.24, 2.45) is 0 Å². The molecule has 4 heterocycles. The number of benzene rings is 1. The van der Waals surface area contributed by atoms with Crippen molar-refractivity contribution in [3.63, 3.8) is 0 Å². The molecule has 146 valence electrons. The van der Waals surface area contributed by atoms with Crippen LogP contribution in [0.4, 0.5) is 11.5 Å². The van der Waals surface area contributed by atoms with Crippen LogP contribution in [0, 0.1) is 0 Å². The molecule has 1 aliphatic rings. The third-order valence-corrected chi connectivity index (χ3v) is 5.53. The summed E-state index contributed by atoms with van der Waals surface area (Å²) in [4.78, 5) is 15.2. The molecule has 4 aromatic rings. The van der Waals surface area contributed by atoms with E-state index in [2.05, 4.69) is 15.0 Å². The number of hydrogen-bond acceptors (Lipinski definition) is 6. The van der Waals surface area contributed by atoms with Crippen LogP contribution < -0.4 is 10.6 Å². The summed E-state index contributed by atoms with van der Waals surface area (Å²) >= 11 is 6.45. The first-order chi connectivity index (χ1) is 14.1. The van der Waals surface area contributed by atoms with E-state index in [-0.39, 0.29) is 6.10 Å². The largest absolute Gasteiger partial charge is 0.396 e. The van der Waals surface area contributed by atoms with E-state index >= 15 is 0 Å². The standard InChI is InChI=1S/C21H19ClN6O/c22-19-18-16(11-28(21(18)26-12-25-19)14-4-2-1-3-5-14)13-8-17(23)20(24-9-13)27-7-6-15(29)10-27/h1-5,8-9,11-12,15,29H,6-7,10,23H2/t15-/m1/s1. The second-order valence-electron chi connectivity index (χ2n) is 7.14. The van der Waals surface area contributed by atoms with Gasteiger partial charge in [-0.15, -0.1) is 0 Å². The van der Waals surface area contributed by atoms with Crippen LogP contribution in [0.15, 0.2) is 55.1 Å². The van der Waals surface area contributed by atoms with Gasteiger partial charge in [-0.25, -0.2) is 15.0 Å². The smallest absolute Gasteiger partial charge is 0.151 e. The molecule has 7 nitrogen and oxygen atoms in total. The molecule has 29 heavy (non-hydrogen) atoms. The molecule has 1 saturated heterocycles. The lowest BCUT2D eigenvalue weighted by Crippen LogP contribution is -2.23. The quantitative estimate of drug-likeness (QED) is 0.507. The van der Waals surface area contributed by atoms with Crippen molar-refractivity contribution >= 4 is 34.1 Å². The van der Waals surface area contributed by atoms with Crippen molar-refractivity contribution < 1.29 is 5.11 Å². The van der Waals surface area contributed by atoms with Crippen molar-refractivity contribution in [2.45, 2.75) is 12.5 Å². The number of aliphatic hydroxyl groups excluding tert-OH is 1. The van der Waals surface area contributed by atoms with E-state index in [1.165, 1.54) is 6.33 Å². The highest BCUT2D eigenvalue weighted by atomic mass is 35.5. The Morgan fingerprint density at radius 1 is 1.14 bits per heavy atom. The minimum Gasteiger partial charge on any atom is -0.396 e. The molecule has 1 aromatic carbocycles. The molecule has 1 aliphatic heterocycles. The van der Waals surface area contributed by atoms with Crippen LogP contribution in [0.2, 0.25) is 5.15 Å². The zero-order chi connectivity index (χ0) is 20.0. The highest BCUT2D eigenvalue weighted by Crippen LogP contribution is 2.37. The van der Waals surface area contributed by atoms with Gasteiger partial charge in [0.05, 0.1) is 17.2 Å². The molecule has 1 fully saturated rings. The Balaban J connectivity index is 1.65. The third-order valence-electron chi connectivity index (χ3n) is 5.24. The minimum absolute atomic E-state index is 0.337. The van der Waals surface area contributed by atoms with Crippen LogP contribution >= 0.6 is 11.6 Å². The van der Waals surface area contributed by atoms with Gasteiger partial charge < -0.3 is 20.3 Å². The SMILES string of the molecule is Nc1cc(-c2cn(-c3ccccc3)c3ncnc(Cl)c23)cnc1N1CC[C@@H](O)C1. The van der Waals surface area contributed by atoms with Crippen LogP contribution in [0.1, 0.15) is 6.42 Å². The predicted octanol–water partition coefficient (Wildman–Crippen LogP) is 3.29. The van der Waals surface area contributed by atoms with Gasteiger partial charge >= 0.3 is 0 Å². The van der Waals surface area contributed by atoms with Gasteiger partial charge in [-0.05, 0) is 24.6 Å². The van der Waals surface area contributed by atoms with E-state index in [4.69, 9.17) is 17.3 Å². The molecule has 0 radical (unpaired) electrons. The van der Waals surface area contributed by atoms with E-state index in [0.29, 0.717) is 23.2 Å². The van der Waals surface area contributed by atoms with Crippen LogP contribution in [0.25, 0.3) is 27.8 Å². The molecule has 3 aromatic heterocycles. The van der Waals surface area contributed by atoms with Crippen molar-refractivity contribution in [1.82, 2.24) is 19.5 Å². The van der Waals surface area contributed by atoms with E-state index < -0.39 is 0 Å². The predicted molar refractivity (Wildman–Crippen MR) is 114 cm³/mol. The second-order valence-corrected chi connectivity index (χ2v) is 7.49. The van der Waals surface area contributed by atoms with E-state index in [0.717, 1.165) is 40.8 Å². The maximum atomic E-state index is 9.80. The first-order valence-electron chi connectivity index (χ1n) is 9.37. The van der Waals surface area contributed by atoms with Gasteiger partial charge in [0, 0.05) is 42.3 Å². The molecule has 5 rings (SSSR count). The first kappa shape index (κ1) is 17.9. The number of aromatic nitrogens is 4. The fourth-order valence-corrected chi connectivity index (χ4v) is 4.08. The number of nitrogen functional groups attached to an aromatic ring is 1. The summed E-state index contributed by atoms with van der Waals surface area (Å²) in [5.74, 6) is 0.694. The highest BCUT2D eigenvalue weighted by Gasteiger charge is 2.24. The van der Waals surface area contributed by atoms with Crippen LogP contribution in [-0.2, 0) is 0 Å². The summed E-state index contributed by atoms with van der Waals surface area (Å²) in [7, 11) is 0. The maximum absolute atomic E-state index is 9.80. The molecule has 0 unspecified atom stereocenters. The van der Waals surface area contributed by atoms with Crippen molar-refractivity contribution in [3.05, 3.63) is 60.3 Å². The summed E-state index contributed by atoms with van der Waals surface area (Å²) in [6.45, 7) is 1.29. The Kier molecular flexibility index (Phi) is 4.34. The van der Waals surface area contributed by atoms with Gasteiger partial charge in [-0.3, -0.25) is 0 Å². The highest BCUT2D eigenvalue weighted by molar-refractivity contribution is 6.35. The fourth-order valence-electron chi connectivity index (χ4n) is 3.85. The third kappa shape index (κ3) is 3.08. The van der Waals surface area contributed by atoms with Crippen LogP contribution in [0.5, 0.6) is 0 Å². The number of rotatable bonds is 3. The molecular weight excluding hydrogens is 388 g/mol. The first-order valence-corrected chi connectivity index (χ1v) is 9.75. The molecule has 0 amide bonds. The summed E-state index contributed by atoms with van der Waals surface area (Å²) < 4.78 is 1.99. The van der Waals surface area contributed by atoms with Gasteiger partial charge in [0.15, 0.2) is 5.82 Å². The summed E-state index contributed by atoms with van der Waals surface area (Å²) in [6, 6.07) is 11.8. The average molecular weight is 407 g/mol. The number of nitrogens with zero attached hydrogens (tertiary/aromatic N) is 5. The van der Waals surface area contributed by atoms with Gasteiger partial charge in [-0.1, -0.05) is 29.8 Å². The number of pyridine rings is 1. The number of halogens is 1. The molecule has 0 saturated carbocycles. The minimum atomic E-state index is -0.337. The van der Waals surface area contributed by atoms with Crippen LogP contribution in [-0.4, -0.2) is 43.8 Å². The Morgan fingerprint density at radius 3 is 2.69 bits per heavy atom. The van der Waals surface area contributed by atoms with Gasteiger partial charge in [0.1, 0.15) is 17.1 Å². The summed E-state index contributed by atoms with van der Waals surface area (Å²) in [5, 5.41) is 10.9. The number of para-hydroxylation sites is 1. The lowest BCUT2D eigenvalue weighted by atomic mass is 10.1. The number of β-amino-alcohol motifs (C(OH)–C–C–N with tert-alkyl or cyclic N) is 1. The average Bonchev–Trinajstić information content (AvgIpc) is 3.33. The molecular formula is C21H19ClN6O. The second kappa shape index (κ2) is 7.02. The van der Waals surface area contributed by atoms with E-state index in [1.54, 1.807) is 6.20 Å². The zero-order valence-electron chi connectivity index (χ0n) is 15.5. The molecule has 1 atom stereocenters. The molecule has 0 spiro atoms. The Hall–Kier alpha value is -3.16.